The fourth-order valence-electron chi connectivity index (χ4n) is 2.29. The highest BCUT2D eigenvalue weighted by Crippen LogP contribution is 2.30. The number of alkyl halides is 3. The summed E-state index contributed by atoms with van der Waals surface area (Å²) in [6, 6.07) is 11.3. The van der Waals surface area contributed by atoms with Gasteiger partial charge in [0, 0.05) is 29.8 Å². The van der Waals surface area contributed by atoms with Crippen LogP contribution in [0.15, 0.2) is 60.9 Å². The van der Waals surface area contributed by atoms with E-state index in [1.165, 1.54) is 31.6 Å². The van der Waals surface area contributed by atoms with Gasteiger partial charge in [0.1, 0.15) is 5.75 Å². The molecule has 0 atom stereocenters. The lowest BCUT2D eigenvalue weighted by Crippen LogP contribution is -2.13. The molecule has 1 amide bonds. The number of carbonyl (C=O) groups excluding carboxylic acids is 1. The number of anilines is 3. The monoisotopic (exact) mass is 388 g/mol. The van der Waals surface area contributed by atoms with E-state index in [0.29, 0.717) is 17.1 Å². The summed E-state index contributed by atoms with van der Waals surface area (Å²) >= 11 is 0. The second-order valence-corrected chi connectivity index (χ2v) is 5.68. The normalized spacial score (nSPS) is 11.0. The van der Waals surface area contributed by atoms with Crippen LogP contribution < -0.4 is 15.4 Å². The van der Waals surface area contributed by atoms with Gasteiger partial charge in [0.2, 0.25) is 5.95 Å². The third-order valence-electron chi connectivity index (χ3n) is 3.71. The molecule has 0 fully saturated rings. The van der Waals surface area contributed by atoms with Crippen molar-refractivity contribution in [1.82, 2.24) is 9.97 Å². The van der Waals surface area contributed by atoms with Gasteiger partial charge in [-0.25, -0.2) is 9.97 Å². The van der Waals surface area contributed by atoms with E-state index in [9.17, 15) is 18.0 Å². The molecule has 0 aliphatic heterocycles. The Morgan fingerprint density at radius 1 is 1.00 bits per heavy atom. The van der Waals surface area contributed by atoms with Crippen molar-refractivity contribution in [2.45, 2.75) is 6.18 Å². The molecule has 2 aromatic carbocycles. The van der Waals surface area contributed by atoms with Gasteiger partial charge in [-0.1, -0.05) is 6.07 Å². The molecule has 0 aliphatic rings. The van der Waals surface area contributed by atoms with Crippen molar-refractivity contribution in [2.24, 2.45) is 0 Å². The standard InChI is InChI=1S/C19H15F3N4O2/c1-28-16-4-2-3-15(9-16)25-17(27)12-10-23-18(24-11-12)26-14-7-5-13(6-8-14)19(20,21)22/h2-11H,1H3,(H,25,27)(H,23,24,26). The molecule has 144 valence electrons. The average Bonchev–Trinajstić information content (AvgIpc) is 2.68. The van der Waals surface area contributed by atoms with Gasteiger partial charge < -0.3 is 15.4 Å². The maximum Gasteiger partial charge on any atom is 0.416 e. The van der Waals surface area contributed by atoms with E-state index < -0.39 is 17.6 Å². The van der Waals surface area contributed by atoms with Crippen LogP contribution in [0.5, 0.6) is 5.75 Å². The lowest BCUT2D eigenvalue weighted by molar-refractivity contribution is -0.137. The van der Waals surface area contributed by atoms with Crippen molar-refractivity contribution in [2.75, 3.05) is 17.7 Å². The maximum absolute atomic E-state index is 12.6. The Morgan fingerprint density at radius 3 is 2.29 bits per heavy atom. The fourth-order valence-corrected chi connectivity index (χ4v) is 2.29. The zero-order valence-corrected chi connectivity index (χ0v) is 14.6. The summed E-state index contributed by atoms with van der Waals surface area (Å²) in [6.45, 7) is 0. The molecule has 1 aromatic heterocycles. The molecule has 0 unspecified atom stereocenters. The van der Waals surface area contributed by atoms with Crippen LogP contribution >= 0.6 is 0 Å². The Hall–Kier alpha value is -3.62. The quantitative estimate of drug-likeness (QED) is 0.673. The van der Waals surface area contributed by atoms with Crippen LogP contribution in [0.3, 0.4) is 0 Å². The van der Waals surface area contributed by atoms with Crippen molar-refractivity contribution >= 4 is 23.2 Å². The molecule has 0 bridgehead atoms. The smallest absolute Gasteiger partial charge is 0.416 e. The van der Waals surface area contributed by atoms with E-state index in [1.807, 2.05) is 0 Å². The predicted molar refractivity (Wildman–Crippen MR) is 97.7 cm³/mol. The molecule has 0 radical (unpaired) electrons. The highest BCUT2D eigenvalue weighted by Gasteiger charge is 2.29. The van der Waals surface area contributed by atoms with Crippen molar-refractivity contribution in [3.63, 3.8) is 0 Å². The van der Waals surface area contributed by atoms with Crippen molar-refractivity contribution < 1.29 is 22.7 Å². The van der Waals surface area contributed by atoms with Gasteiger partial charge in [-0.2, -0.15) is 13.2 Å². The number of nitrogens with one attached hydrogen (secondary N) is 2. The Labute approximate surface area is 158 Å². The molecular formula is C19H15F3N4O2. The molecule has 0 saturated heterocycles. The minimum atomic E-state index is -4.40. The number of halogens is 3. The van der Waals surface area contributed by atoms with Crippen LogP contribution in [0, 0.1) is 0 Å². The number of rotatable bonds is 5. The zero-order valence-electron chi connectivity index (χ0n) is 14.6. The van der Waals surface area contributed by atoms with Crippen molar-refractivity contribution in [3.8, 4) is 5.75 Å². The number of carbonyl (C=O) groups is 1. The number of methoxy groups -OCH3 is 1. The molecule has 2 N–H and O–H groups in total. The third kappa shape index (κ3) is 4.76. The lowest BCUT2D eigenvalue weighted by Gasteiger charge is -2.09. The summed E-state index contributed by atoms with van der Waals surface area (Å²) in [5.74, 6) is 0.345. The minimum Gasteiger partial charge on any atom is -0.497 e. The molecule has 28 heavy (non-hydrogen) atoms. The molecule has 3 aromatic rings. The fraction of sp³-hybridized carbons (Fsp3) is 0.105. The van der Waals surface area contributed by atoms with E-state index in [2.05, 4.69) is 20.6 Å². The number of aromatic nitrogens is 2. The Kier molecular flexibility index (Phi) is 5.44. The van der Waals surface area contributed by atoms with Gasteiger partial charge in [-0.15, -0.1) is 0 Å². The van der Waals surface area contributed by atoms with Crippen LogP contribution in [0.1, 0.15) is 15.9 Å². The van der Waals surface area contributed by atoms with E-state index in [-0.39, 0.29) is 11.5 Å². The van der Waals surface area contributed by atoms with Gasteiger partial charge in [0.05, 0.1) is 18.2 Å². The molecular weight excluding hydrogens is 373 g/mol. The second-order valence-electron chi connectivity index (χ2n) is 5.68. The molecule has 0 aliphatic carbocycles. The van der Waals surface area contributed by atoms with E-state index >= 15 is 0 Å². The number of benzene rings is 2. The lowest BCUT2D eigenvalue weighted by atomic mass is 10.2. The molecule has 1 heterocycles. The van der Waals surface area contributed by atoms with Gasteiger partial charge in [0.15, 0.2) is 0 Å². The van der Waals surface area contributed by atoms with Crippen molar-refractivity contribution in [3.05, 3.63) is 72.1 Å². The Balaban J connectivity index is 1.65. The average molecular weight is 388 g/mol. The number of hydrogen-bond acceptors (Lipinski definition) is 5. The summed E-state index contributed by atoms with van der Waals surface area (Å²) in [5.41, 5.74) is 0.419. The van der Waals surface area contributed by atoms with Crippen LogP contribution in [-0.4, -0.2) is 23.0 Å². The minimum absolute atomic E-state index is 0.151. The molecule has 6 nitrogen and oxygen atoms in total. The first-order chi connectivity index (χ1) is 13.3. The largest absolute Gasteiger partial charge is 0.497 e. The summed E-state index contributed by atoms with van der Waals surface area (Å²) in [7, 11) is 1.52. The Bertz CT molecular complexity index is 958. The summed E-state index contributed by atoms with van der Waals surface area (Å²) in [4.78, 5) is 20.3. The van der Waals surface area contributed by atoms with Crippen LogP contribution in [-0.2, 0) is 6.18 Å². The summed E-state index contributed by atoms with van der Waals surface area (Å²) in [5, 5.41) is 5.47. The summed E-state index contributed by atoms with van der Waals surface area (Å²) in [6.07, 6.45) is -1.77. The molecule has 0 spiro atoms. The van der Waals surface area contributed by atoms with Crippen LogP contribution in [0.25, 0.3) is 0 Å². The second kappa shape index (κ2) is 7.95. The van der Waals surface area contributed by atoms with Gasteiger partial charge in [0.25, 0.3) is 5.91 Å². The highest BCUT2D eigenvalue weighted by molar-refractivity contribution is 6.04. The number of amides is 1. The van der Waals surface area contributed by atoms with Crippen LogP contribution in [0.2, 0.25) is 0 Å². The first-order valence-corrected chi connectivity index (χ1v) is 8.07. The first kappa shape index (κ1) is 19.2. The third-order valence-corrected chi connectivity index (χ3v) is 3.71. The maximum atomic E-state index is 12.6. The number of hydrogen-bond donors (Lipinski definition) is 2. The Morgan fingerprint density at radius 2 is 1.68 bits per heavy atom. The molecule has 9 heteroatoms. The molecule has 3 rings (SSSR count). The van der Waals surface area contributed by atoms with Gasteiger partial charge >= 0.3 is 6.18 Å². The van der Waals surface area contributed by atoms with Gasteiger partial charge in [-0.3, -0.25) is 4.79 Å². The van der Waals surface area contributed by atoms with Gasteiger partial charge in [-0.05, 0) is 36.4 Å². The topological polar surface area (TPSA) is 76.1 Å². The first-order valence-electron chi connectivity index (χ1n) is 8.07. The van der Waals surface area contributed by atoms with Crippen molar-refractivity contribution in [1.29, 1.82) is 0 Å². The van der Waals surface area contributed by atoms with E-state index in [0.717, 1.165) is 12.1 Å². The van der Waals surface area contributed by atoms with Crippen LogP contribution in [0.4, 0.5) is 30.5 Å². The predicted octanol–water partition coefficient (Wildman–Crippen LogP) is 4.50. The van der Waals surface area contributed by atoms with E-state index in [4.69, 9.17) is 4.74 Å². The molecule has 0 saturated carbocycles. The number of nitrogens with zero attached hydrogens (tertiary/aromatic N) is 2. The number of ether oxygens (including phenoxy) is 1. The van der Waals surface area contributed by atoms with E-state index in [1.54, 1.807) is 24.3 Å². The zero-order chi connectivity index (χ0) is 20.1. The highest BCUT2D eigenvalue weighted by atomic mass is 19.4. The summed E-state index contributed by atoms with van der Waals surface area (Å²) < 4.78 is 42.8. The SMILES string of the molecule is COc1cccc(NC(=O)c2cnc(Nc3ccc(C(F)(F)F)cc3)nc2)c1.